The Morgan fingerprint density at radius 2 is 1.79 bits per heavy atom. The number of benzene rings is 2. The molecule has 8 heteroatoms. The highest BCUT2D eigenvalue weighted by atomic mass is 19.2. The molecule has 24 heavy (non-hydrogen) atoms. The van der Waals surface area contributed by atoms with Gasteiger partial charge in [-0.2, -0.15) is 4.98 Å². The second-order valence-corrected chi connectivity index (χ2v) is 4.78. The van der Waals surface area contributed by atoms with Crippen molar-refractivity contribution in [1.29, 1.82) is 0 Å². The molecule has 5 nitrogen and oxygen atoms in total. The molecule has 0 aliphatic heterocycles. The fourth-order valence-electron chi connectivity index (χ4n) is 1.98. The Labute approximate surface area is 134 Å². The van der Waals surface area contributed by atoms with Gasteiger partial charge in [0.1, 0.15) is 0 Å². The van der Waals surface area contributed by atoms with Crippen LogP contribution in [0.5, 0.6) is 0 Å². The third kappa shape index (κ3) is 3.12. The minimum atomic E-state index is -1.70. The van der Waals surface area contributed by atoms with E-state index in [1.165, 1.54) is 0 Å². The minimum absolute atomic E-state index is 0.0881. The summed E-state index contributed by atoms with van der Waals surface area (Å²) >= 11 is 0. The van der Waals surface area contributed by atoms with Crippen molar-refractivity contribution in [2.24, 2.45) is 0 Å². The van der Waals surface area contributed by atoms with E-state index in [4.69, 9.17) is 4.52 Å². The van der Waals surface area contributed by atoms with Gasteiger partial charge in [-0.25, -0.2) is 13.2 Å². The van der Waals surface area contributed by atoms with Crippen molar-refractivity contribution in [2.45, 2.75) is 6.54 Å². The Morgan fingerprint density at radius 3 is 2.54 bits per heavy atom. The molecule has 122 valence electrons. The Hall–Kier alpha value is -3.16. The van der Waals surface area contributed by atoms with Gasteiger partial charge < -0.3 is 9.84 Å². The van der Waals surface area contributed by atoms with Crippen LogP contribution < -0.4 is 5.32 Å². The molecule has 0 atom stereocenters. The zero-order chi connectivity index (χ0) is 17.1. The molecule has 0 fully saturated rings. The molecule has 0 radical (unpaired) electrons. The van der Waals surface area contributed by atoms with Gasteiger partial charge in [-0.3, -0.25) is 4.79 Å². The first-order valence-corrected chi connectivity index (χ1v) is 6.86. The molecular weight excluding hydrogens is 323 g/mol. The number of hydrogen-bond donors (Lipinski definition) is 1. The average molecular weight is 333 g/mol. The van der Waals surface area contributed by atoms with Gasteiger partial charge in [-0.15, -0.1) is 0 Å². The molecule has 1 N–H and O–H groups in total. The highest BCUT2D eigenvalue weighted by Gasteiger charge is 2.19. The highest BCUT2D eigenvalue weighted by molar-refractivity contribution is 5.94. The molecule has 0 aliphatic carbocycles. The number of nitrogens with one attached hydrogen (secondary N) is 1. The van der Waals surface area contributed by atoms with Crippen molar-refractivity contribution >= 4 is 5.91 Å². The number of carbonyl (C=O) groups is 1. The van der Waals surface area contributed by atoms with E-state index in [-0.39, 0.29) is 12.4 Å². The second-order valence-electron chi connectivity index (χ2n) is 4.78. The van der Waals surface area contributed by atoms with Crippen molar-refractivity contribution in [3.63, 3.8) is 0 Å². The van der Waals surface area contributed by atoms with Crippen LogP contribution in [0.4, 0.5) is 13.2 Å². The maximum atomic E-state index is 13.5. The van der Waals surface area contributed by atoms with E-state index < -0.39 is 28.9 Å². The standard InChI is InChI=1S/C16H10F3N3O2/c17-11-7-6-10(13(18)14(11)19)16(23)20-8-12-21-15(22-24-12)9-4-2-1-3-5-9/h1-7H,8H2,(H,20,23). The summed E-state index contributed by atoms with van der Waals surface area (Å²) in [5.41, 5.74) is 0.113. The lowest BCUT2D eigenvalue weighted by atomic mass is 10.2. The zero-order valence-electron chi connectivity index (χ0n) is 12.1. The molecule has 1 heterocycles. The van der Waals surface area contributed by atoms with E-state index in [1.807, 2.05) is 6.07 Å². The second kappa shape index (κ2) is 6.53. The Morgan fingerprint density at radius 1 is 1.04 bits per heavy atom. The van der Waals surface area contributed by atoms with Crippen LogP contribution >= 0.6 is 0 Å². The zero-order valence-corrected chi connectivity index (χ0v) is 12.1. The van der Waals surface area contributed by atoms with Gasteiger partial charge in [-0.05, 0) is 12.1 Å². The van der Waals surface area contributed by atoms with E-state index in [0.29, 0.717) is 11.9 Å². The van der Waals surface area contributed by atoms with Gasteiger partial charge in [0, 0.05) is 5.56 Å². The van der Waals surface area contributed by atoms with Gasteiger partial charge in [0.2, 0.25) is 11.7 Å². The number of carbonyl (C=O) groups excluding carboxylic acids is 1. The lowest BCUT2D eigenvalue weighted by Gasteiger charge is -2.04. The number of rotatable bonds is 4. The third-order valence-electron chi connectivity index (χ3n) is 3.18. The van der Waals surface area contributed by atoms with Crippen LogP contribution in [-0.4, -0.2) is 16.0 Å². The average Bonchev–Trinajstić information content (AvgIpc) is 3.07. The predicted molar refractivity (Wildman–Crippen MR) is 77.2 cm³/mol. The maximum Gasteiger partial charge on any atom is 0.254 e. The van der Waals surface area contributed by atoms with Crippen molar-refractivity contribution in [3.05, 3.63) is 71.4 Å². The summed E-state index contributed by atoms with van der Waals surface area (Å²) in [5.74, 6) is -5.13. The summed E-state index contributed by atoms with van der Waals surface area (Å²) in [6, 6.07) is 10.5. The molecule has 3 aromatic rings. The Kier molecular flexibility index (Phi) is 4.28. The molecule has 2 aromatic carbocycles. The quantitative estimate of drug-likeness (QED) is 0.745. The summed E-state index contributed by atoms with van der Waals surface area (Å²) in [6.45, 7) is -0.183. The molecule has 0 aliphatic rings. The molecule has 1 amide bonds. The van der Waals surface area contributed by atoms with Crippen LogP contribution in [0.15, 0.2) is 47.0 Å². The van der Waals surface area contributed by atoms with E-state index >= 15 is 0 Å². The van der Waals surface area contributed by atoms with Gasteiger partial charge >= 0.3 is 0 Å². The molecule has 1 aromatic heterocycles. The maximum absolute atomic E-state index is 13.5. The number of amides is 1. The van der Waals surface area contributed by atoms with Crippen LogP contribution in [0.2, 0.25) is 0 Å². The minimum Gasteiger partial charge on any atom is -0.343 e. The third-order valence-corrected chi connectivity index (χ3v) is 3.18. The smallest absolute Gasteiger partial charge is 0.254 e. The fourth-order valence-corrected chi connectivity index (χ4v) is 1.98. The first-order valence-electron chi connectivity index (χ1n) is 6.86. The van der Waals surface area contributed by atoms with Gasteiger partial charge in [0.05, 0.1) is 12.1 Å². The summed E-state index contributed by atoms with van der Waals surface area (Å²) in [6.07, 6.45) is 0. The molecule has 3 rings (SSSR count). The molecule has 0 saturated carbocycles. The van der Waals surface area contributed by atoms with Gasteiger partial charge in [0.15, 0.2) is 17.5 Å². The van der Waals surface area contributed by atoms with E-state index in [9.17, 15) is 18.0 Å². The molecule has 0 spiro atoms. The summed E-state index contributed by atoms with van der Waals surface area (Å²) in [4.78, 5) is 15.9. The summed E-state index contributed by atoms with van der Waals surface area (Å²) in [7, 11) is 0. The normalized spacial score (nSPS) is 10.6. The molecule has 0 unspecified atom stereocenters. The topological polar surface area (TPSA) is 68.0 Å². The largest absolute Gasteiger partial charge is 0.343 e. The fraction of sp³-hybridized carbons (Fsp3) is 0.0625. The highest BCUT2D eigenvalue weighted by Crippen LogP contribution is 2.16. The summed E-state index contributed by atoms with van der Waals surface area (Å²) in [5, 5.41) is 6.06. The van der Waals surface area contributed by atoms with Crippen molar-refractivity contribution in [1.82, 2.24) is 15.5 Å². The molecule has 0 saturated heterocycles. The van der Waals surface area contributed by atoms with Crippen molar-refractivity contribution in [3.8, 4) is 11.4 Å². The first kappa shape index (κ1) is 15.7. The molecule has 0 bridgehead atoms. The number of halogens is 3. The number of hydrogen-bond acceptors (Lipinski definition) is 4. The van der Waals surface area contributed by atoms with Crippen LogP contribution in [0.3, 0.4) is 0 Å². The van der Waals surface area contributed by atoms with Gasteiger partial charge in [0.25, 0.3) is 5.91 Å². The van der Waals surface area contributed by atoms with E-state index in [1.54, 1.807) is 24.3 Å². The number of nitrogens with zero attached hydrogens (tertiary/aromatic N) is 2. The van der Waals surface area contributed by atoms with Crippen molar-refractivity contribution < 1.29 is 22.5 Å². The number of aromatic nitrogens is 2. The van der Waals surface area contributed by atoms with E-state index in [0.717, 1.165) is 11.6 Å². The Balaban J connectivity index is 1.69. The first-order chi connectivity index (χ1) is 11.6. The van der Waals surface area contributed by atoms with E-state index in [2.05, 4.69) is 15.5 Å². The lowest BCUT2D eigenvalue weighted by Crippen LogP contribution is -2.24. The van der Waals surface area contributed by atoms with Crippen LogP contribution in [0.1, 0.15) is 16.2 Å². The van der Waals surface area contributed by atoms with Crippen LogP contribution in [-0.2, 0) is 6.54 Å². The SMILES string of the molecule is O=C(NCc1nc(-c2ccccc2)no1)c1ccc(F)c(F)c1F. The van der Waals surface area contributed by atoms with Gasteiger partial charge in [-0.1, -0.05) is 35.5 Å². The monoisotopic (exact) mass is 333 g/mol. The van der Waals surface area contributed by atoms with Crippen molar-refractivity contribution in [2.75, 3.05) is 0 Å². The predicted octanol–water partition coefficient (Wildman–Crippen LogP) is 3.08. The lowest BCUT2D eigenvalue weighted by molar-refractivity contribution is 0.0941. The Bertz CT molecular complexity index is 882. The van der Waals surface area contributed by atoms with Crippen LogP contribution in [0.25, 0.3) is 11.4 Å². The molecular formula is C16H10F3N3O2. The summed E-state index contributed by atoms with van der Waals surface area (Å²) < 4.78 is 44.5. The van der Waals surface area contributed by atoms with Crippen LogP contribution in [0, 0.1) is 17.5 Å².